The van der Waals surface area contributed by atoms with E-state index in [1.165, 1.54) is 4.90 Å². The summed E-state index contributed by atoms with van der Waals surface area (Å²) < 4.78 is 43.6. The predicted molar refractivity (Wildman–Crippen MR) is 88.4 cm³/mol. The van der Waals surface area contributed by atoms with Crippen LogP contribution in [0.4, 0.5) is 23.8 Å². The van der Waals surface area contributed by atoms with Crippen LogP contribution in [-0.4, -0.2) is 40.1 Å². The van der Waals surface area contributed by atoms with Gasteiger partial charge in [0.05, 0.1) is 5.56 Å². The Morgan fingerprint density at radius 3 is 2.58 bits per heavy atom. The summed E-state index contributed by atoms with van der Waals surface area (Å²) >= 11 is 0. The van der Waals surface area contributed by atoms with Crippen LogP contribution in [0.3, 0.4) is 0 Å². The van der Waals surface area contributed by atoms with Crippen LogP contribution in [0, 0.1) is 0 Å². The molecule has 1 saturated heterocycles. The van der Waals surface area contributed by atoms with E-state index < -0.39 is 35.4 Å². The van der Waals surface area contributed by atoms with Gasteiger partial charge in [-0.15, -0.1) is 0 Å². The Morgan fingerprint density at radius 1 is 1.27 bits per heavy atom. The molecule has 1 atom stereocenters. The molecule has 1 aliphatic heterocycles. The van der Waals surface area contributed by atoms with Gasteiger partial charge in [-0.05, 0) is 52.2 Å². The molecule has 2 rings (SSSR count). The highest BCUT2D eigenvalue weighted by Gasteiger charge is 2.35. The normalized spacial score (nSPS) is 18.4. The summed E-state index contributed by atoms with van der Waals surface area (Å²) in [4.78, 5) is 29.9. The average Bonchev–Trinajstić information content (AvgIpc) is 2.52. The minimum absolute atomic E-state index is 0.209. The van der Waals surface area contributed by atoms with Gasteiger partial charge in [0.2, 0.25) is 5.91 Å². The number of rotatable bonds is 2. The van der Waals surface area contributed by atoms with Gasteiger partial charge in [0.25, 0.3) is 0 Å². The summed E-state index contributed by atoms with van der Waals surface area (Å²) in [6, 6.07) is 0.775. The molecular weight excluding hydrogens is 351 g/mol. The molecule has 0 unspecified atom stereocenters. The molecule has 2 heterocycles. The molecule has 144 valence electrons. The van der Waals surface area contributed by atoms with Crippen molar-refractivity contribution in [3.8, 4) is 0 Å². The number of nitrogens with one attached hydrogen (secondary N) is 1. The maximum absolute atomic E-state index is 12.8. The van der Waals surface area contributed by atoms with Crippen molar-refractivity contribution in [1.29, 1.82) is 0 Å². The Labute approximate surface area is 149 Å². The third kappa shape index (κ3) is 5.34. The van der Waals surface area contributed by atoms with Gasteiger partial charge in [-0.3, -0.25) is 9.69 Å². The number of hydrogen-bond acceptors (Lipinski definition) is 4. The number of carbonyl (C=O) groups excluding carboxylic acids is 2. The van der Waals surface area contributed by atoms with Crippen molar-refractivity contribution in [1.82, 2.24) is 9.88 Å². The number of ether oxygens (including phenoxy) is 1. The van der Waals surface area contributed by atoms with Crippen molar-refractivity contribution in [2.24, 2.45) is 0 Å². The molecule has 6 nitrogen and oxygen atoms in total. The molecule has 0 saturated carbocycles. The Bertz CT molecular complexity index is 671. The van der Waals surface area contributed by atoms with Gasteiger partial charge in [-0.1, -0.05) is 0 Å². The molecule has 0 bridgehead atoms. The minimum atomic E-state index is -4.53. The number of aromatic nitrogens is 1. The first kappa shape index (κ1) is 20.0. The van der Waals surface area contributed by atoms with Gasteiger partial charge < -0.3 is 10.1 Å². The van der Waals surface area contributed by atoms with Crippen LogP contribution in [0.15, 0.2) is 18.3 Å². The lowest BCUT2D eigenvalue weighted by Gasteiger charge is -2.35. The molecular formula is C17H22F3N3O3. The standard InChI is InChI=1S/C17H22F3N3O3/c1-16(2,3)26-15(25)23-9-5-4-6-12(23)14(24)22-13-10-11(7-8-21-13)17(18,19)20/h7-8,10,12H,4-6,9H2,1-3H3,(H,21,22,24)/t12-/m0/s1. The highest BCUT2D eigenvalue weighted by molar-refractivity contribution is 5.96. The quantitative estimate of drug-likeness (QED) is 0.855. The Balaban J connectivity index is 2.12. The fourth-order valence-electron chi connectivity index (χ4n) is 2.63. The lowest BCUT2D eigenvalue weighted by Crippen LogP contribution is -2.51. The zero-order valence-corrected chi connectivity index (χ0v) is 14.9. The first-order valence-electron chi connectivity index (χ1n) is 8.31. The van der Waals surface area contributed by atoms with E-state index in [-0.39, 0.29) is 5.82 Å². The van der Waals surface area contributed by atoms with E-state index in [1.54, 1.807) is 20.8 Å². The van der Waals surface area contributed by atoms with E-state index in [1.807, 2.05) is 0 Å². The second-order valence-electron chi connectivity index (χ2n) is 7.10. The van der Waals surface area contributed by atoms with Crippen LogP contribution in [0.25, 0.3) is 0 Å². The maximum atomic E-state index is 12.8. The number of halogens is 3. The molecule has 0 radical (unpaired) electrons. The first-order valence-corrected chi connectivity index (χ1v) is 8.31. The minimum Gasteiger partial charge on any atom is -0.444 e. The lowest BCUT2D eigenvalue weighted by atomic mass is 10.0. The average molecular weight is 373 g/mol. The summed E-state index contributed by atoms with van der Waals surface area (Å²) in [5, 5.41) is 2.37. The highest BCUT2D eigenvalue weighted by Crippen LogP contribution is 2.30. The van der Waals surface area contributed by atoms with E-state index in [9.17, 15) is 22.8 Å². The molecule has 0 spiro atoms. The van der Waals surface area contributed by atoms with Gasteiger partial charge in [0, 0.05) is 12.7 Å². The second-order valence-corrected chi connectivity index (χ2v) is 7.10. The smallest absolute Gasteiger partial charge is 0.416 e. The van der Waals surface area contributed by atoms with Crippen LogP contribution in [-0.2, 0) is 15.7 Å². The highest BCUT2D eigenvalue weighted by atomic mass is 19.4. The number of alkyl halides is 3. The van der Waals surface area contributed by atoms with Crippen LogP contribution in [0.1, 0.15) is 45.6 Å². The monoisotopic (exact) mass is 373 g/mol. The SMILES string of the molecule is CC(C)(C)OC(=O)N1CCCC[C@H]1C(=O)Nc1cc(C(F)(F)F)ccn1. The number of likely N-dealkylation sites (tertiary alicyclic amines) is 1. The van der Waals surface area contributed by atoms with Gasteiger partial charge in [-0.25, -0.2) is 9.78 Å². The fraction of sp³-hybridized carbons (Fsp3) is 0.588. The summed E-state index contributed by atoms with van der Waals surface area (Å²) in [6.45, 7) is 5.51. The van der Waals surface area contributed by atoms with Crippen molar-refractivity contribution >= 4 is 17.8 Å². The molecule has 9 heteroatoms. The molecule has 2 amide bonds. The van der Waals surface area contributed by atoms with Crippen LogP contribution in [0.5, 0.6) is 0 Å². The third-order valence-corrected chi connectivity index (χ3v) is 3.77. The van der Waals surface area contributed by atoms with Gasteiger partial charge in [0.1, 0.15) is 17.5 Å². The molecule has 0 aromatic carbocycles. The summed E-state index contributed by atoms with van der Waals surface area (Å²) in [5.74, 6) is -0.790. The Morgan fingerprint density at radius 2 is 1.96 bits per heavy atom. The Hall–Kier alpha value is -2.32. The number of hydrogen-bond donors (Lipinski definition) is 1. The van der Waals surface area contributed by atoms with Crippen LogP contribution < -0.4 is 5.32 Å². The van der Waals surface area contributed by atoms with Gasteiger partial charge >= 0.3 is 12.3 Å². The number of carbonyl (C=O) groups is 2. The number of nitrogens with zero attached hydrogens (tertiary/aromatic N) is 2. The fourth-order valence-corrected chi connectivity index (χ4v) is 2.63. The molecule has 0 aliphatic carbocycles. The van der Waals surface area contributed by atoms with E-state index in [2.05, 4.69) is 10.3 Å². The molecule has 1 aliphatic rings. The van der Waals surface area contributed by atoms with E-state index >= 15 is 0 Å². The number of pyridine rings is 1. The molecule has 1 aromatic heterocycles. The maximum Gasteiger partial charge on any atom is 0.416 e. The zero-order chi connectivity index (χ0) is 19.5. The number of anilines is 1. The summed E-state index contributed by atoms with van der Waals surface area (Å²) in [6.07, 6.45) is -2.31. The topological polar surface area (TPSA) is 71.5 Å². The van der Waals surface area contributed by atoms with Crippen LogP contribution >= 0.6 is 0 Å². The van der Waals surface area contributed by atoms with E-state index in [0.29, 0.717) is 13.0 Å². The van der Waals surface area contributed by atoms with Crippen molar-refractivity contribution in [2.75, 3.05) is 11.9 Å². The lowest BCUT2D eigenvalue weighted by molar-refractivity contribution is -0.137. The van der Waals surface area contributed by atoms with E-state index in [0.717, 1.165) is 31.2 Å². The predicted octanol–water partition coefficient (Wildman–Crippen LogP) is 3.83. The molecule has 26 heavy (non-hydrogen) atoms. The van der Waals surface area contributed by atoms with Crippen molar-refractivity contribution in [3.63, 3.8) is 0 Å². The summed E-state index contributed by atoms with van der Waals surface area (Å²) in [7, 11) is 0. The van der Waals surface area contributed by atoms with E-state index in [4.69, 9.17) is 4.74 Å². The van der Waals surface area contributed by atoms with Crippen molar-refractivity contribution < 1.29 is 27.5 Å². The van der Waals surface area contributed by atoms with Gasteiger partial charge in [0.15, 0.2) is 0 Å². The molecule has 1 N–H and O–H groups in total. The van der Waals surface area contributed by atoms with Crippen molar-refractivity contribution in [2.45, 2.75) is 57.9 Å². The second kappa shape index (κ2) is 7.51. The van der Waals surface area contributed by atoms with Gasteiger partial charge in [-0.2, -0.15) is 13.2 Å². The number of piperidine rings is 1. The third-order valence-electron chi connectivity index (χ3n) is 3.77. The summed E-state index contributed by atoms with van der Waals surface area (Å²) in [5.41, 5.74) is -1.62. The Kier molecular flexibility index (Phi) is 5.77. The van der Waals surface area contributed by atoms with Crippen molar-refractivity contribution in [3.05, 3.63) is 23.9 Å². The zero-order valence-electron chi connectivity index (χ0n) is 14.9. The molecule has 1 aromatic rings. The molecule has 1 fully saturated rings. The largest absolute Gasteiger partial charge is 0.444 e. The first-order chi connectivity index (χ1) is 12.0. The van der Waals surface area contributed by atoms with Crippen LogP contribution in [0.2, 0.25) is 0 Å². The number of amides is 2.